The lowest BCUT2D eigenvalue weighted by Gasteiger charge is -2.05. The van der Waals surface area contributed by atoms with Gasteiger partial charge < -0.3 is 14.8 Å². The molecule has 0 radical (unpaired) electrons. The molecule has 7 nitrogen and oxygen atoms in total. The zero-order valence-electron chi connectivity index (χ0n) is 11.0. The first-order valence-electron chi connectivity index (χ1n) is 5.96. The summed E-state index contributed by atoms with van der Waals surface area (Å²) in [5.41, 5.74) is 0. The van der Waals surface area contributed by atoms with Crippen LogP contribution >= 0.6 is 11.8 Å². The lowest BCUT2D eigenvalue weighted by atomic mass is 10.5. The first-order valence-corrected chi connectivity index (χ1v) is 6.94. The SMILES string of the molecule is COCCCSc1nnnn1CCNCCOC. The molecule has 0 aromatic carbocycles. The molecule has 104 valence electrons. The minimum absolute atomic E-state index is 0.717. The molecule has 0 unspecified atom stereocenters. The minimum atomic E-state index is 0.717. The van der Waals surface area contributed by atoms with Crippen molar-refractivity contribution in [3.8, 4) is 0 Å². The highest BCUT2D eigenvalue weighted by atomic mass is 32.2. The Morgan fingerprint density at radius 1 is 1.22 bits per heavy atom. The van der Waals surface area contributed by atoms with E-state index in [0.29, 0.717) is 6.61 Å². The van der Waals surface area contributed by atoms with Gasteiger partial charge in [0.2, 0.25) is 5.16 Å². The van der Waals surface area contributed by atoms with E-state index in [1.807, 2.05) is 4.68 Å². The van der Waals surface area contributed by atoms with Gasteiger partial charge in [-0.15, -0.1) is 5.10 Å². The molecular formula is C10H21N5O2S. The number of aromatic nitrogens is 4. The smallest absolute Gasteiger partial charge is 0.209 e. The van der Waals surface area contributed by atoms with Gasteiger partial charge in [-0.3, -0.25) is 0 Å². The highest BCUT2D eigenvalue weighted by Gasteiger charge is 2.05. The number of tetrazole rings is 1. The lowest BCUT2D eigenvalue weighted by Crippen LogP contribution is -2.24. The van der Waals surface area contributed by atoms with Crippen LogP contribution in [0.25, 0.3) is 0 Å². The van der Waals surface area contributed by atoms with Gasteiger partial charge in [0, 0.05) is 39.7 Å². The summed E-state index contributed by atoms with van der Waals surface area (Å²) in [5, 5.41) is 15.8. The third-order valence-corrected chi connectivity index (χ3v) is 3.25. The molecule has 0 aliphatic carbocycles. The molecule has 0 amide bonds. The number of thioether (sulfide) groups is 1. The Balaban J connectivity index is 2.18. The van der Waals surface area contributed by atoms with E-state index in [1.54, 1.807) is 26.0 Å². The second-order valence-corrected chi connectivity index (χ2v) is 4.68. The number of nitrogens with one attached hydrogen (secondary N) is 1. The number of methoxy groups -OCH3 is 2. The van der Waals surface area contributed by atoms with Crippen LogP contribution in [0.5, 0.6) is 0 Å². The molecule has 1 heterocycles. The average Bonchev–Trinajstić information content (AvgIpc) is 2.82. The summed E-state index contributed by atoms with van der Waals surface area (Å²) in [7, 11) is 3.40. The lowest BCUT2D eigenvalue weighted by molar-refractivity contribution is 0.199. The molecule has 0 aliphatic rings. The van der Waals surface area contributed by atoms with Gasteiger partial charge in [0.05, 0.1) is 13.2 Å². The average molecular weight is 275 g/mol. The molecule has 0 spiro atoms. The highest BCUT2D eigenvalue weighted by molar-refractivity contribution is 7.99. The predicted octanol–water partition coefficient (Wildman–Crippen LogP) is 0.0377. The van der Waals surface area contributed by atoms with E-state index in [2.05, 4.69) is 20.8 Å². The number of nitrogens with zero attached hydrogens (tertiary/aromatic N) is 4. The first-order chi connectivity index (χ1) is 8.88. The maximum Gasteiger partial charge on any atom is 0.209 e. The number of hydrogen-bond acceptors (Lipinski definition) is 7. The van der Waals surface area contributed by atoms with Crippen LogP contribution in [-0.2, 0) is 16.0 Å². The van der Waals surface area contributed by atoms with Crippen LogP contribution in [0.4, 0.5) is 0 Å². The van der Waals surface area contributed by atoms with E-state index in [1.165, 1.54) is 0 Å². The van der Waals surface area contributed by atoms with E-state index in [0.717, 1.165) is 43.6 Å². The van der Waals surface area contributed by atoms with Crippen molar-refractivity contribution in [2.24, 2.45) is 0 Å². The van der Waals surface area contributed by atoms with Gasteiger partial charge in [-0.25, -0.2) is 4.68 Å². The third-order valence-electron chi connectivity index (χ3n) is 2.21. The van der Waals surface area contributed by atoms with Crippen molar-refractivity contribution in [1.82, 2.24) is 25.5 Å². The van der Waals surface area contributed by atoms with Gasteiger partial charge >= 0.3 is 0 Å². The minimum Gasteiger partial charge on any atom is -0.385 e. The Labute approximate surface area is 112 Å². The van der Waals surface area contributed by atoms with E-state index in [9.17, 15) is 0 Å². The van der Waals surface area contributed by atoms with Gasteiger partial charge in [-0.2, -0.15) is 0 Å². The number of hydrogen-bond donors (Lipinski definition) is 1. The topological polar surface area (TPSA) is 74.1 Å². The maximum atomic E-state index is 5.00. The van der Waals surface area contributed by atoms with Crippen LogP contribution in [-0.4, -0.2) is 66.5 Å². The van der Waals surface area contributed by atoms with Crippen LogP contribution in [0, 0.1) is 0 Å². The highest BCUT2D eigenvalue weighted by Crippen LogP contribution is 2.14. The first kappa shape index (κ1) is 15.4. The Morgan fingerprint density at radius 2 is 2.06 bits per heavy atom. The summed E-state index contributed by atoms with van der Waals surface area (Å²) in [6.07, 6.45) is 1.00. The summed E-state index contributed by atoms with van der Waals surface area (Å²) in [4.78, 5) is 0. The summed E-state index contributed by atoms with van der Waals surface area (Å²) >= 11 is 1.66. The van der Waals surface area contributed by atoms with Crippen LogP contribution in [0.3, 0.4) is 0 Å². The fourth-order valence-corrected chi connectivity index (χ4v) is 2.11. The van der Waals surface area contributed by atoms with E-state index in [4.69, 9.17) is 9.47 Å². The molecule has 1 aromatic rings. The van der Waals surface area contributed by atoms with Gasteiger partial charge in [-0.05, 0) is 16.8 Å². The maximum absolute atomic E-state index is 5.00. The Bertz CT molecular complexity index is 310. The molecule has 0 bridgehead atoms. The summed E-state index contributed by atoms with van der Waals surface area (Å²) in [6, 6.07) is 0. The Morgan fingerprint density at radius 3 is 2.83 bits per heavy atom. The van der Waals surface area contributed by atoms with Crippen molar-refractivity contribution < 1.29 is 9.47 Å². The molecule has 1 aromatic heterocycles. The van der Waals surface area contributed by atoms with Crippen LogP contribution in [0.2, 0.25) is 0 Å². The molecule has 0 aliphatic heterocycles. The molecule has 0 saturated carbocycles. The third kappa shape index (κ3) is 6.29. The van der Waals surface area contributed by atoms with Crippen molar-refractivity contribution >= 4 is 11.8 Å². The van der Waals surface area contributed by atoms with Gasteiger partial charge in [0.25, 0.3) is 0 Å². The summed E-state index contributed by atoms with van der Waals surface area (Å²) in [6.45, 7) is 3.93. The van der Waals surface area contributed by atoms with Crippen LogP contribution in [0.1, 0.15) is 6.42 Å². The van der Waals surface area contributed by atoms with Crippen molar-refractivity contribution in [3.05, 3.63) is 0 Å². The summed E-state index contributed by atoms with van der Waals surface area (Å²) < 4.78 is 11.8. The zero-order chi connectivity index (χ0) is 13.1. The predicted molar refractivity (Wildman–Crippen MR) is 69.8 cm³/mol. The fraction of sp³-hybridized carbons (Fsp3) is 0.900. The molecule has 8 heteroatoms. The second kappa shape index (κ2) is 10.2. The van der Waals surface area contributed by atoms with Gasteiger partial charge in [0.15, 0.2) is 0 Å². The number of ether oxygens (including phenoxy) is 2. The second-order valence-electron chi connectivity index (χ2n) is 3.62. The quantitative estimate of drug-likeness (QED) is 0.451. The van der Waals surface area contributed by atoms with Crippen LogP contribution in [0.15, 0.2) is 5.16 Å². The zero-order valence-corrected chi connectivity index (χ0v) is 11.8. The van der Waals surface area contributed by atoms with Crippen molar-refractivity contribution in [3.63, 3.8) is 0 Å². The van der Waals surface area contributed by atoms with E-state index in [-0.39, 0.29) is 0 Å². The van der Waals surface area contributed by atoms with Gasteiger partial charge in [0.1, 0.15) is 0 Å². The van der Waals surface area contributed by atoms with Crippen molar-refractivity contribution in [2.45, 2.75) is 18.1 Å². The molecule has 1 rings (SSSR count). The van der Waals surface area contributed by atoms with E-state index < -0.39 is 0 Å². The molecule has 1 N–H and O–H groups in total. The van der Waals surface area contributed by atoms with Crippen molar-refractivity contribution in [2.75, 3.05) is 46.3 Å². The van der Waals surface area contributed by atoms with Crippen LogP contribution < -0.4 is 5.32 Å². The Hall–Kier alpha value is -0.700. The fourth-order valence-electron chi connectivity index (χ4n) is 1.29. The molecule has 18 heavy (non-hydrogen) atoms. The van der Waals surface area contributed by atoms with Crippen molar-refractivity contribution in [1.29, 1.82) is 0 Å². The normalized spacial score (nSPS) is 11.0. The van der Waals surface area contributed by atoms with Gasteiger partial charge in [-0.1, -0.05) is 11.8 Å². The standard InChI is InChI=1S/C10H21N5O2S/c1-16-7-3-9-18-10-12-13-14-15(10)6-4-11-5-8-17-2/h11H,3-9H2,1-2H3. The number of rotatable bonds is 11. The monoisotopic (exact) mass is 275 g/mol. The molecule has 0 atom stereocenters. The summed E-state index contributed by atoms with van der Waals surface area (Å²) in [5.74, 6) is 0.964. The van der Waals surface area contributed by atoms with E-state index >= 15 is 0 Å². The molecular weight excluding hydrogens is 254 g/mol. The molecule has 0 fully saturated rings. The largest absolute Gasteiger partial charge is 0.385 e. The molecule has 0 saturated heterocycles. The Kier molecular flexibility index (Phi) is 8.74.